The Morgan fingerprint density at radius 3 is 2.65 bits per heavy atom. The number of hydrogen-bond acceptors (Lipinski definition) is 2. The van der Waals surface area contributed by atoms with Gasteiger partial charge in [0.2, 0.25) is 5.91 Å². The third kappa shape index (κ3) is 2.81. The zero-order valence-electron chi connectivity index (χ0n) is 15.3. The number of rotatable bonds is 4. The van der Waals surface area contributed by atoms with Crippen LogP contribution in [0.1, 0.15) is 29.3 Å². The topological polar surface area (TPSA) is 38.1 Å². The molecule has 1 amide bonds. The number of para-hydroxylation sites is 2. The molecule has 4 rings (SSSR count). The summed E-state index contributed by atoms with van der Waals surface area (Å²) in [5.74, 6) is 1.24. The Kier molecular flexibility index (Phi) is 4.11. The molecule has 2 aromatic carbocycles. The van der Waals surface area contributed by atoms with E-state index in [1.807, 2.05) is 29.2 Å². The lowest BCUT2D eigenvalue weighted by Crippen LogP contribution is -2.24. The Hall–Kier alpha value is -2.88. The summed E-state index contributed by atoms with van der Waals surface area (Å²) in [6, 6.07) is 14.4. The van der Waals surface area contributed by atoms with Gasteiger partial charge in [-0.15, -0.1) is 6.58 Å². The first-order valence-corrected chi connectivity index (χ1v) is 9.01. The molecule has 132 valence electrons. The Morgan fingerprint density at radius 1 is 1.19 bits per heavy atom. The summed E-state index contributed by atoms with van der Waals surface area (Å²) >= 11 is 0. The van der Waals surface area contributed by atoms with Crippen molar-refractivity contribution in [3.05, 3.63) is 72.1 Å². The van der Waals surface area contributed by atoms with E-state index in [0.717, 1.165) is 22.5 Å². The van der Waals surface area contributed by atoms with Gasteiger partial charge in [-0.3, -0.25) is 4.79 Å². The van der Waals surface area contributed by atoms with Crippen LogP contribution in [0.5, 0.6) is 0 Å². The van der Waals surface area contributed by atoms with Crippen molar-refractivity contribution in [2.24, 2.45) is 0 Å². The van der Waals surface area contributed by atoms with Gasteiger partial charge in [-0.2, -0.15) is 0 Å². The van der Waals surface area contributed by atoms with E-state index in [0.29, 0.717) is 19.5 Å². The van der Waals surface area contributed by atoms with Gasteiger partial charge in [0.05, 0.1) is 11.0 Å². The molecule has 0 bridgehead atoms. The SMILES string of the molecule is C=CCn1c([C@@H]2CC(=O)N(c3cc(C)cc(C)c3)C2)nc2ccccc21. The molecule has 1 aliphatic heterocycles. The van der Waals surface area contributed by atoms with Crippen LogP contribution in [0.2, 0.25) is 0 Å². The van der Waals surface area contributed by atoms with Crippen LogP contribution in [0.25, 0.3) is 11.0 Å². The minimum absolute atomic E-state index is 0.0932. The molecule has 1 aromatic heterocycles. The van der Waals surface area contributed by atoms with Crippen LogP contribution in [0.15, 0.2) is 55.1 Å². The molecular weight excluding hydrogens is 322 g/mol. The minimum atomic E-state index is 0.0932. The summed E-state index contributed by atoms with van der Waals surface area (Å²) < 4.78 is 2.19. The third-order valence-electron chi connectivity index (χ3n) is 5.00. The fourth-order valence-corrected chi connectivity index (χ4v) is 3.96. The lowest BCUT2D eigenvalue weighted by molar-refractivity contribution is -0.117. The smallest absolute Gasteiger partial charge is 0.227 e. The number of carbonyl (C=O) groups excluding carboxylic acids is 1. The first-order valence-electron chi connectivity index (χ1n) is 9.01. The number of aromatic nitrogens is 2. The number of hydrogen-bond donors (Lipinski definition) is 0. The van der Waals surface area contributed by atoms with E-state index in [1.54, 1.807) is 0 Å². The molecule has 1 saturated heterocycles. The van der Waals surface area contributed by atoms with Gasteiger partial charge in [0.15, 0.2) is 0 Å². The van der Waals surface area contributed by atoms with Gasteiger partial charge in [0, 0.05) is 31.1 Å². The van der Waals surface area contributed by atoms with E-state index in [2.05, 4.69) is 49.3 Å². The van der Waals surface area contributed by atoms with Gasteiger partial charge in [0.25, 0.3) is 0 Å². The molecule has 0 radical (unpaired) electrons. The molecule has 0 aliphatic carbocycles. The number of imidazole rings is 1. The van der Waals surface area contributed by atoms with Gasteiger partial charge < -0.3 is 9.47 Å². The van der Waals surface area contributed by atoms with Crippen LogP contribution < -0.4 is 4.90 Å². The molecule has 26 heavy (non-hydrogen) atoms. The second-order valence-electron chi connectivity index (χ2n) is 7.11. The highest BCUT2D eigenvalue weighted by molar-refractivity contribution is 5.96. The molecule has 0 saturated carbocycles. The van der Waals surface area contributed by atoms with E-state index in [1.165, 1.54) is 11.1 Å². The summed E-state index contributed by atoms with van der Waals surface area (Å²) in [5.41, 5.74) is 5.41. The molecule has 0 unspecified atom stereocenters. The second-order valence-corrected chi connectivity index (χ2v) is 7.11. The fourth-order valence-electron chi connectivity index (χ4n) is 3.96. The molecule has 4 heteroatoms. The number of allylic oxidation sites excluding steroid dienone is 1. The van der Waals surface area contributed by atoms with Crippen LogP contribution in [-0.4, -0.2) is 22.0 Å². The van der Waals surface area contributed by atoms with Gasteiger partial charge in [-0.1, -0.05) is 24.3 Å². The molecule has 1 atom stereocenters. The average Bonchev–Trinajstić information content (AvgIpc) is 3.15. The maximum absolute atomic E-state index is 12.7. The average molecular weight is 345 g/mol. The molecule has 0 spiro atoms. The van der Waals surface area contributed by atoms with Crippen LogP contribution in [-0.2, 0) is 11.3 Å². The Labute approximate surface area is 153 Å². The molecule has 3 aromatic rings. The lowest BCUT2D eigenvalue weighted by atomic mass is 10.1. The maximum atomic E-state index is 12.7. The Balaban J connectivity index is 1.72. The van der Waals surface area contributed by atoms with Crippen molar-refractivity contribution >= 4 is 22.6 Å². The second kappa shape index (κ2) is 6.45. The zero-order valence-corrected chi connectivity index (χ0v) is 15.3. The first-order chi connectivity index (χ1) is 12.6. The third-order valence-corrected chi connectivity index (χ3v) is 5.00. The Morgan fingerprint density at radius 2 is 1.92 bits per heavy atom. The summed E-state index contributed by atoms with van der Waals surface area (Å²) in [7, 11) is 0. The monoisotopic (exact) mass is 345 g/mol. The summed E-state index contributed by atoms with van der Waals surface area (Å²) in [6.45, 7) is 9.38. The van der Waals surface area contributed by atoms with Crippen molar-refractivity contribution in [1.82, 2.24) is 9.55 Å². The predicted molar refractivity (Wildman–Crippen MR) is 106 cm³/mol. The molecule has 0 N–H and O–H groups in total. The molecule has 1 fully saturated rings. The van der Waals surface area contributed by atoms with Crippen molar-refractivity contribution in [3.63, 3.8) is 0 Å². The molecule has 2 heterocycles. The molecular formula is C22H23N3O. The van der Waals surface area contributed by atoms with Crippen molar-refractivity contribution in [1.29, 1.82) is 0 Å². The number of aryl methyl sites for hydroxylation is 2. The van der Waals surface area contributed by atoms with E-state index < -0.39 is 0 Å². The van der Waals surface area contributed by atoms with Gasteiger partial charge in [0.1, 0.15) is 5.82 Å². The van der Waals surface area contributed by atoms with Crippen LogP contribution in [0, 0.1) is 13.8 Å². The number of amides is 1. The van der Waals surface area contributed by atoms with E-state index in [-0.39, 0.29) is 11.8 Å². The van der Waals surface area contributed by atoms with Crippen molar-refractivity contribution in [3.8, 4) is 0 Å². The minimum Gasteiger partial charge on any atom is -0.324 e. The quantitative estimate of drug-likeness (QED) is 0.659. The maximum Gasteiger partial charge on any atom is 0.227 e. The standard InChI is InChI=1S/C22H23N3O/c1-4-9-24-20-8-6-5-7-19(20)23-22(24)17-13-21(26)25(14-17)18-11-15(2)10-16(3)12-18/h4-8,10-12,17H,1,9,13-14H2,2-3H3/t17-/m1/s1. The van der Waals surface area contributed by atoms with Gasteiger partial charge in [-0.05, 0) is 49.2 Å². The van der Waals surface area contributed by atoms with Gasteiger partial charge in [-0.25, -0.2) is 4.98 Å². The van der Waals surface area contributed by atoms with E-state index in [4.69, 9.17) is 4.98 Å². The van der Waals surface area contributed by atoms with Crippen LogP contribution >= 0.6 is 0 Å². The first kappa shape index (κ1) is 16.6. The number of anilines is 1. The lowest BCUT2D eigenvalue weighted by Gasteiger charge is -2.18. The van der Waals surface area contributed by atoms with Crippen LogP contribution in [0.4, 0.5) is 5.69 Å². The van der Waals surface area contributed by atoms with Crippen molar-refractivity contribution < 1.29 is 4.79 Å². The van der Waals surface area contributed by atoms with Crippen LogP contribution in [0.3, 0.4) is 0 Å². The summed E-state index contributed by atoms with van der Waals surface area (Å²) in [4.78, 5) is 19.5. The fraction of sp³-hybridized carbons (Fsp3) is 0.273. The summed E-state index contributed by atoms with van der Waals surface area (Å²) in [6.07, 6.45) is 2.38. The predicted octanol–water partition coefficient (Wildman–Crippen LogP) is 4.36. The van der Waals surface area contributed by atoms with Crippen molar-refractivity contribution in [2.75, 3.05) is 11.4 Å². The normalized spacial score (nSPS) is 17.2. The largest absolute Gasteiger partial charge is 0.324 e. The van der Waals surface area contributed by atoms with E-state index in [9.17, 15) is 4.79 Å². The van der Waals surface area contributed by atoms with Crippen molar-refractivity contribution in [2.45, 2.75) is 32.7 Å². The highest BCUT2D eigenvalue weighted by Crippen LogP contribution is 2.33. The molecule has 4 nitrogen and oxygen atoms in total. The van der Waals surface area contributed by atoms with Gasteiger partial charge >= 0.3 is 0 Å². The Bertz CT molecular complexity index is 982. The van der Waals surface area contributed by atoms with E-state index >= 15 is 0 Å². The highest BCUT2D eigenvalue weighted by atomic mass is 16.2. The zero-order chi connectivity index (χ0) is 18.3. The highest BCUT2D eigenvalue weighted by Gasteiger charge is 2.34. The number of benzene rings is 2. The number of carbonyl (C=O) groups is 1. The number of fused-ring (bicyclic) bond motifs is 1. The number of nitrogens with zero attached hydrogens (tertiary/aromatic N) is 3. The summed E-state index contributed by atoms with van der Waals surface area (Å²) in [5, 5.41) is 0. The molecule has 1 aliphatic rings.